The quantitative estimate of drug-likeness (QED) is 0.409. The van der Waals surface area contributed by atoms with Gasteiger partial charge in [-0.25, -0.2) is 0 Å². The Bertz CT molecular complexity index is 196. The van der Waals surface area contributed by atoms with Crippen LogP contribution in [0.2, 0.25) is 0 Å². The third-order valence-electron chi connectivity index (χ3n) is 0.996. The molecule has 1 aromatic carbocycles. The van der Waals surface area contributed by atoms with E-state index in [4.69, 9.17) is 23.3 Å². The molecular formula is C7H8N3-. The first-order valence-corrected chi connectivity index (χ1v) is 2.63. The number of nitrogens with zero attached hydrogens (tertiary/aromatic N) is 1. The first kappa shape index (κ1) is 8.31. The molecule has 3 heteroatoms. The first-order chi connectivity index (χ1) is 4.80. The standard InChI is InChI=1S/C6H8N2.CN/c7-5-3-1-2-4-6(5)8;1-2/h1-4H,7-8H2;/q;-1. The Labute approximate surface area is 59.9 Å². The Hall–Kier alpha value is -1.69. The monoisotopic (exact) mass is 134 g/mol. The van der Waals surface area contributed by atoms with Gasteiger partial charge in [-0.3, -0.25) is 0 Å². The third kappa shape index (κ3) is 2.05. The van der Waals surface area contributed by atoms with Crippen LogP contribution in [-0.4, -0.2) is 0 Å². The molecule has 10 heavy (non-hydrogen) atoms. The highest BCUT2D eigenvalue weighted by molar-refractivity contribution is 5.62. The lowest BCUT2D eigenvalue weighted by Gasteiger charge is -1.94. The molecule has 1 rings (SSSR count). The number of anilines is 2. The third-order valence-corrected chi connectivity index (χ3v) is 0.996. The molecule has 0 radical (unpaired) electrons. The van der Waals surface area contributed by atoms with Crippen molar-refractivity contribution in [1.82, 2.24) is 0 Å². The van der Waals surface area contributed by atoms with E-state index in [1.807, 2.05) is 12.1 Å². The summed E-state index contributed by atoms with van der Waals surface area (Å²) in [6, 6.07) is 7.25. The highest BCUT2D eigenvalue weighted by Crippen LogP contribution is 2.10. The minimum absolute atomic E-state index is 0.646. The summed E-state index contributed by atoms with van der Waals surface area (Å²) in [5.41, 5.74) is 12.1. The molecule has 4 N–H and O–H groups in total. The highest BCUT2D eigenvalue weighted by atomic mass is 14.7. The van der Waals surface area contributed by atoms with Crippen molar-refractivity contribution in [2.45, 2.75) is 0 Å². The second-order valence-electron chi connectivity index (χ2n) is 1.63. The Kier molecular flexibility index (Phi) is 3.50. The van der Waals surface area contributed by atoms with E-state index in [0.29, 0.717) is 11.4 Å². The molecule has 0 aliphatic heterocycles. The Balaban J connectivity index is 0.000000371. The summed E-state index contributed by atoms with van der Waals surface area (Å²) in [4.78, 5) is 0. The van der Waals surface area contributed by atoms with Crippen molar-refractivity contribution in [3.05, 3.63) is 30.8 Å². The number of nitrogens with two attached hydrogens (primary N) is 2. The Morgan fingerprint density at radius 3 is 1.50 bits per heavy atom. The number of para-hydroxylation sites is 2. The van der Waals surface area contributed by atoms with E-state index in [1.165, 1.54) is 0 Å². The molecule has 0 saturated carbocycles. The topological polar surface area (TPSA) is 75.8 Å². The lowest BCUT2D eigenvalue weighted by molar-refractivity contribution is 1.53. The van der Waals surface area contributed by atoms with Crippen molar-refractivity contribution in [1.29, 1.82) is 5.26 Å². The molecule has 0 fully saturated rings. The van der Waals surface area contributed by atoms with Crippen LogP contribution >= 0.6 is 0 Å². The fraction of sp³-hybridized carbons (Fsp3) is 0. The van der Waals surface area contributed by atoms with Crippen molar-refractivity contribution in [3.8, 4) is 0 Å². The average Bonchev–Trinajstić information content (AvgIpc) is 2.00. The summed E-state index contributed by atoms with van der Waals surface area (Å²) in [7, 11) is 0. The smallest absolute Gasteiger partial charge is 0.0547 e. The average molecular weight is 134 g/mol. The van der Waals surface area contributed by atoms with Gasteiger partial charge in [0.1, 0.15) is 0 Å². The molecule has 0 amide bonds. The normalized spacial score (nSPS) is 7.40. The van der Waals surface area contributed by atoms with Gasteiger partial charge in [0.2, 0.25) is 0 Å². The van der Waals surface area contributed by atoms with E-state index in [1.54, 1.807) is 12.1 Å². The molecule has 3 nitrogen and oxygen atoms in total. The molecule has 0 aromatic heterocycles. The van der Waals surface area contributed by atoms with Crippen molar-refractivity contribution in [2.75, 3.05) is 11.5 Å². The molecule has 0 aliphatic carbocycles. The largest absolute Gasteiger partial charge is 0.512 e. The van der Waals surface area contributed by atoms with Gasteiger partial charge in [-0.05, 0) is 12.1 Å². The summed E-state index contributed by atoms with van der Waals surface area (Å²) >= 11 is 0. The number of benzene rings is 1. The maximum atomic E-state index is 6.25. The maximum absolute atomic E-state index is 6.25. The lowest BCUT2D eigenvalue weighted by Crippen LogP contribution is -1.91. The molecule has 52 valence electrons. The van der Waals surface area contributed by atoms with E-state index in [2.05, 4.69) is 0 Å². The zero-order valence-corrected chi connectivity index (χ0v) is 5.41. The molecule has 0 bridgehead atoms. The van der Waals surface area contributed by atoms with Crippen LogP contribution in [0, 0.1) is 11.8 Å². The minimum Gasteiger partial charge on any atom is -0.512 e. The van der Waals surface area contributed by atoms with Crippen molar-refractivity contribution in [2.24, 2.45) is 0 Å². The second-order valence-corrected chi connectivity index (χ2v) is 1.63. The van der Waals surface area contributed by atoms with Gasteiger partial charge in [0.15, 0.2) is 0 Å². The molecule has 1 aromatic rings. The highest BCUT2D eigenvalue weighted by Gasteiger charge is 1.85. The van der Waals surface area contributed by atoms with E-state index in [9.17, 15) is 0 Å². The van der Waals surface area contributed by atoms with Crippen LogP contribution in [-0.2, 0) is 0 Å². The van der Waals surface area contributed by atoms with E-state index in [0.717, 1.165) is 0 Å². The fourth-order valence-corrected chi connectivity index (χ4v) is 0.511. The van der Waals surface area contributed by atoms with Gasteiger partial charge >= 0.3 is 0 Å². The minimum atomic E-state index is 0.646. The molecule has 0 unspecified atom stereocenters. The molecule has 0 atom stereocenters. The van der Waals surface area contributed by atoms with Gasteiger partial charge in [-0.1, -0.05) is 12.1 Å². The predicted molar refractivity (Wildman–Crippen MR) is 40.2 cm³/mol. The van der Waals surface area contributed by atoms with Crippen LogP contribution in [0.15, 0.2) is 24.3 Å². The number of rotatable bonds is 0. The zero-order valence-electron chi connectivity index (χ0n) is 5.41. The summed E-state index contributed by atoms with van der Waals surface area (Å²) in [5, 5.41) is 6.25. The summed E-state index contributed by atoms with van der Waals surface area (Å²) in [6.07, 6.45) is 0. The lowest BCUT2D eigenvalue weighted by atomic mass is 10.3. The summed E-state index contributed by atoms with van der Waals surface area (Å²) in [6.45, 7) is 4.75. The van der Waals surface area contributed by atoms with E-state index >= 15 is 0 Å². The molecular weight excluding hydrogens is 126 g/mol. The van der Waals surface area contributed by atoms with Crippen molar-refractivity contribution >= 4 is 11.4 Å². The molecule has 0 saturated heterocycles. The second kappa shape index (κ2) is 4.21. The van der Waals surface area contributed by atoms with E-state index < -0.39 is 0 Å². The van der Waals surface area contributed by atoms with Crippen LogP contribution in [0.25, 0.3) is 0 Å². The van der Waals surface area contributed by atoms with Gasteiger partial charge in [0, 0.05) is 0 Å². The maximum Gasteiger partial charge on any atom is 0.0547 e. The van der Waals surface area contributed by atoms with Gasteiger partial charge in [0.05, 0.1) is 11.4 Å². The van der Waals surface area contributed by atoms with Crippen LogP contribution in [0.3, 0.4) is 0 Å². The van der Waals surface area contributed by atoms with Crippen molar-refractivity contribution < 1.29 is 0 Å². The fourth-order valence-electron chi connectivity index (χ4n) is 0.511. The van der Waals surface area contributed by atoms with Crippen LogP contribution in [0.5, 0.6) is 0 Å². The van der Waals surface area contributed by atoms with Crippen LogP contribution in [0.4, 0.5) is 11.4 Å². The zero-order chi connectivity index (χ0) is 7.98. The molecule has 0 heterocycles. The Morgan fingerprint density at radius 1 is 1.00 bits per heavy atom. The van der Waals surface area contributed by atoms with Gasteiger partial charge < -0.3 is 23.3 Å². The van der Waals surface area contributed by atoms with Gasteiger partial charge in [-0.15, -0.1) is 0 Å². The summed E-state index contributed by atoms with van der Waals surface area (Å²) in [5.74, 6) is 0. The Morgan fingerprint density at radius 2 is 1.30 bits per heavy atom. The number of hydrogen-bond acceptors (Lipinski definition) is 3. The van der Waals surface area contributed by atoms with Crippen LogP contribution in [0.1, 0.15) is 0 Å². The first-order valence-electron chi connectivity index (χ1n) is 2.63. The van der Waals surface area contributed by atoms with Gasteiger partial charge in [0.25, 0.3) is 0 Å². The van der Waals surface area contributed by atoms with Gasteiger partial charge in [-0.2, -0.15) is 0 Å². The van der Waals surface area contributed by atoms with Crippen molar-refractivity contribution in [3.63, 3.8) is 0 Å². The number of nitrogen functional groups attached to an aromatic ring is 2. The summed E-state index contributed by atoms with van der Waals surface area (Å²) < 4.78 is 0. The molecule has 0 spiro atoms. The number of hydrogen-bond donors (Lipinski definition) is 2. The SMILES string of the molecule is Nc1ccccc1N.[C-]#N. The van der Waals surface area contributed by atoms with Crippen LogP contribution < -0.4 is 11.5 Å². The predicted octanol–water partition coefficient (Wildman–Crippen LogP) is 0.947. The van der Waals surface area contributed by atoms with E-state index in [-0.39, 0.29) is 0 Å². The molecule has 0 aliphatic rings.